The largest absolute Gasteiger partial charge is 1.00 e. The molecule has 0 N–H and O–H groups in total. The lowest BCUT2D eigenvalue weighted by molar-refractivity contribution is -0.628. The van der Waals surface area contributed by atoms with E-state index in [1.54, 1.807) is 23.1 Å². The van der Waals surface area contributed by atoms with Gasteiger partial charge in [0.1, 0.15) is 0 Å². The number of aromatic nitrogens is 1. The van der Waals surface area contributed by atoms with Gasteiger partial charge >= 0.3 is 4.34 Å². The van der Waals surface area contributed by atoms with Crippen molar-refractivity contribution in [2.75, 3.05) is 6.26 Å². The van der Waals surface area contributed by atoms with Gasteiger partial charge in [-0.05, 0) is 18.0 Å². The highest BCUT2D eigenvalue weighted by molar-refractivity contribution is 8.00. The van der Waals surface area contributed by atoms with Gasteiger partial charge in [-0.1, -0.05) is 29.5 Å². The molecule has 0 bridgehead atoms. The van der Waals surface area contributed by atoms with Crippen molar-refractivity contribution in [3.63, 3.8) is 0 Å². The van der Waals surface area contributed by atoms with Crippen LogP contribution in [0.15, 0.2) is 46.2 Å². The number of para-hydroxylation sites is 1. The Bertz CT molecular complexity index is 386. The fourth-order valence-electron chi connectivity index (χ4n) is 1.19. The molecule has 0 amide bonds. The van der Waals surface area contributed by atoms with Crippen LogP contribution in [0.5, 0.6) is 0 Å². The fourth-order valence-corrected chi connectivity index (χ4v) is 2.69. The van der Waals surface area contributed by atoms with Gasteiger partial charge in [-0.25, -0.2) is 0 Å². The van der Waals surface area contributed by atoms with Gasteiger partial charge in [0.25, 0.3) is 0 Å². The van der Waals surface area contributed by atoms with E-state index in [0.717, 1.165) is 0 Å². The van der Waals surface area contributed by atoms with E-state index in [-0.39, 0.29) is 24.0 Å². The van der Waals surface area contributed by atoms with Crippen molar-refractivity contribution in [2.24, 2.45) is 0 Å². The summed E-state index contributed by atoms with van der Waals surface area (Å²) in [5.41, 5.74) is 1.23. The summed E-state index contributed by atoms with van der Waals surface area (Å²) in [6.07, 6.45) is 4.21. The quantitative estimate of drug-likeness (QED) is 0.416. The molecule has 1 aromatic carbocycles. The predicted octanol–water partition coefficient (Wildman–Crippen LogP) is -0.249. The highest BCUT2D eigenvalue weighted by Crippen LogP contribution is 2.17. The number of thioether (sulfide) groups is 1. The zero-order valence-corrected chi connectivity index (χ0v) is 11.5. The first-order chi connectivity index (χ1) is 6.42. The molecule has 0 aliphatic heterocycles. The lowest BCUT2D eigenvalue weighted by Crippen LogP contribution is -3.00. The average molecular weight is 335 g/mol. The first-order valence-electron chi connectivity index (χ1n) is 4.00. The standard InChI is InChI=1S/C10H10NS2.HI/c1-12-10-11(7-8-13-10)9-5-3-2-4-6-9;/h2-8H,1H3;1H/q+1;/p-1. The van der Waals surface area contributed by atoms with E-state index < -0.39 is 0 Å². The molecule has 0 saturated heterocycles. The van der Waals surface area contributed by atoms with Crippen molar-refractivity contribution in [2.45, 2.75) is 4.34 Å². The SMILES string of the molecule is CSc1scc[n+]1-c1ccccc1.[I-]. The summed E-state index contributed by atoms with van der Waals surface area (Å²) in [4.78, 5) is 0. The maximum absolute atomic E-state index is 2.20. The van der Waals surface area contributed by atoms with E-state index in [1.807, 2.05) is 6.07 Å². The van der Waals surface area contributed by atoms with Crippen LogP contribution in [-0.4, -0.2) is 6.26 Å². The van der Waals surface area contributed by atoms with Crippen LogP contribution in [0.4, 0.5) is 0 Å². The number of thiazole rings is 1. The zero-order chi connectivity index (χ0) is 9.10. The van der Waals surface area contributed by atoms with E-state index in [1.165, 1.54) is 10.0 Å². The van der Waals surface area contributed by atoms with Crippen LogP contribution in [0.3, 0.4) is 0 Å². The lowest BCUT2D eigenvalue weighted by Gasteiger charge is -1.92. The third kappa shape index (κ3) is 2.49. The molecule has 0 saturated carbocycles. The van der Waals surface area contributed by atoms with Crippen molar-refractivity contribution in [1.82, 2.24) is 0 Å². The Balaban J connectivity index is 0.000000980. The number of hydrogen-bond acceptors (Lipinski definition) is 2. The number of halogens is 1. The van der Waals surface area contributed by atoms with Gasteiger partial charge in [0.05, 0.1) is 5.38 Å². The minimum absolute atomic E-state index is 0. The second-order valence-corrected chi connectivity index (χ2v) is 4.53. The summed E-state index contributed by atoms with van der Waals surface area (Å²) >= 11 is 3.55. The van der Waals surface area contributed by atoms with Crippen molar-refractivity contribution >= 4 is 23.1 Å². The molecule has 0 atom stereocenters. The van der Waals surface area contributed by atoms with Crippen LogP contribution in [0, 0.1) is 0 Å². The number of rotatable bonds is 2. The van der Waals surface area contributed by atoms with E-state index in [0.29, 0.717) is 0 Å². The molecule has 0 unspecified atom stereocenters. The van der Waals surface area contributed by atoms with Crippen molar-refractivity contribution in [1.29, 1.82) is 0 Å². The zero-order valence-electron chi connectivity index (χ0n) is 7.68. The second kappa shape index (κ2) is 5.72. The van der Waals surface area contributed by atoms with Crippen LogP contribution >= 0.6 is 23.1 Å². The molecule has 74 valence electrons. The molecule has 0 aliphatic rings. The minimum Gasteiger partial charge on any atom is -1.00 e. The number of benzene rings is 1. The van der Waals surface area contributed by atoms with Gasteiger partial charge in [-0.2, -0.15) is 0 Å². The molecular weight excluding hydrogens is 325 g/mol. The Morgan fingerprint density at radius 3 is 2.57 bits per heavy atom. The van der Waals surface area contributed by atoms with E-state index in [9.17, 15) is 0 Å². The Morgan fingerprint density at radius 2 is 1.93 bits per heavy atom. The highest BCUT2D eigenvalue weighted by atomic mass is 127. The molecule has 1 heterocycles. The molecule has 1 nitrogen and oxygen atoms in total. The van der Waals surface area contributed by atoms with E-state index >= 15 is 0 Å². The summed E-state index contributed by atoms with van der Waals surface area (Å²) in [6.45, 7) is 0. The van der Waals surface area contributed by atoms with Crippen molar-refractivity contribution in [3.05, 3.63) is 41.9 Å². The Labute approximate surface area is 109 Å². The first kappa shape index (κ1) is 12.0. The summed E-state index contributed by atoms with van der Waals surface area (Å²) < 4.78 is 3.52. The van der Waals surface area contributed by atoms with Crippen LogP contribution in [0.2, 0.25) is 0 Å². The van der Waals surface area contributed by atoms with E-state index in [4.69, 9.17) is 0 Å². The summed E-state index contributed by atoms with van der Waals surface area (Å²) in [5, 5.41) is 2.11. The molecule has 0 radical (unpaired) electrons. The van der Waals surface area contributed by atoms with Gasteiger partial charge in [0.2, 0.25) is 5.69 Å². The van der Waals surface area contributed by atoms with Gasteiger partial charge in [-0.3, -0.25) is 0 Å². The van der Waals surface area contributed by atoms with Gasteiger partial charge in [0.15, 0.2) is 6.20 Å². The third-order valence-corrected chi connectivity index (χ3v) is 3.78. The van der Waals surface area contributed by atoms with Gasteiger partial charge in [-0.15, -0.1) is 4.57 Å². The molecular formula is C10H10INS2. The van der Waals surface area contributed by atoms with Crippen LogP contribution in [0.25, 0.3) is 5.69 Å². The maximum Gasteiger partial charge on any atom is 0.302 e. The monoisotopic (exact) mass is 335 g/mol. The third-order valence-electron chi connectivity index (χ3n) is 1.78. The summed E-state index contributed by atoms with van der Waals surface area (Å²) in [5.74, 6) is 0. The predicted molar refractivity (Wildman–Crippen MR) is 57.6 cm³/mol. The Morgan fingerprint density at radius 1 is 1.21 bits per heavy atom. The first-order valence-corrected chi connectivity index (χ1v) is 6.11. The van der Waals surface area contributed by atoms with Gasteiger partial charge < -0.3 is 24.0 Å². The second-order valence-electron chi connectivity index (χ2n) is 2.58. The summed E-state index contributed by atoms with van der Waals surface area (Å²) in [7, 11) is 0. The van der Waals surface area contributed by atoms with Crippen LogP contribution in [0.1, 0.15) is 0 Å². The molecule has 0 spiro atoms. The number of hydrogen-bond donors (Lipinski definition) is 0. The molecule has 4 heteroatoms. The minimum atomic E-state index is 0. The topological polar surface area (TPSA) is 3.88 Å². The summed E-state index contributed by atoms with van der Waals surface area (Å²) in [6, 6.07) is 10.4. The smallest absolute Gasteiger partial charge is 0.302 e. The molecule has 2 aromatic rings. The Hall–Kier alpha value is -0.0700. The molecule has 0 aliphatic carbocycles. The van der Waals surface area contributed by atoms with Gasteiger partial charge in [0, 0.05) is 12.1 Å². The van der Waals surface area contributed by atoms with Crippen LogP contribution in [-0.2, 0) is 0 Å². The molecule has 0 fully saturated rings. The van der Waals surface area contributed by atoms with Crippen molar-refractivity contribution < 1.29 is 28.5 Å². The normalized spacial score (nSPS) is 9.50. The van der Waals surface area contributed by atoms with Crippen molar-refractivity contribution in [3.8, 4) is 5.69 Å². The molecule has 1 aromatic heterocycles. The molecule has 2 rings (SSSR count). The lowest BCUT2D eigenvalue weighted by atomic mass is 10.3. The highest BCUT2D eigenvalue weighted by Gasteiger charge is 2.12. The fraction of sp³-hybridized carbons (Fsp3) is 0.100. The van der Waals surface area contributed by atoms with E-state index in [2.05, 4.69) is 46.7 Å². The number of nitrogens with zero attached hydrogens (tertiary/aromatic N) is 1. The Kier molecular flexibility index (Phi) is 4.91. The van der Waals surface area contributed by atoms with Crippen LogP contribution < -0.4 is 28.5 Å². The maximum atomic E-state index is 2.20. The average Bonchev–Trinajstić information content (AvgIpc) is 2.67. The molecule has 14 heavy (non-hydrogen) atoms.